The molecule has 0 bridgehead atoms. The topological polar surface area (TPSA) is 97.5 Å². The van der Waals surface area contributed by atoms with Crippen molar-refractivity contribution in [2.45, 2.75) is 13.0 Å². The number of aromatic nitrogens is 1. The molecule has 1 aromatic heterocycles. The number of rotatable bonds is 3. The van der Waals surface area contributed by atoms with E-state index in [1.807, 2.05) is 18.2 Å². The zero-order valence-corrected chi connectivity index (χ0v) is 14.7. The molecule has 0 unspecified atom stereocenters. The van der Waals surface area contributed by atoms with Crippen LogP contribution in [0.1, 0.15) is 11.3 Å². The number of anilines is 1. The third-order valence-electron chi connectivity index (χ3n) is 4.70. The van der Waals surface area contributed by atoms with E-state index >= 15 is 0 Å². The van der Waals surface area contributed by atoms with E-state index in [-0.39, 0.29) is 24.2 Å². The van der Waals surface area contributed by atoms with Crippen molar-refractivity contribution in [3.63, 3.8) is 0 Å². The van der Waals surface area contributed by atoms with Crippen LogP contribution in [0.5, 0.6) is 5.75 Å². The second-order valence-electron chi connectivity index (χ2n) is 6.56. The summed E-state index contributed by atoms with van der Waals surface area (Å²) in [6, 6.07) is 14.1. The van der Waals surface area contributed by atoms with Gasteiger partial charge in [-0.1, -0.05) is 24.3 Å². The molecule has 7 nitrogen and oxygen atoms in total. The largest absolute Gasteiger partial charge is 0.508 e. The van der Waals surface area contributed by atoms with Gasteiger partial charge in [0.25, 0.3) is 0 Å². The highest BCUT2D eigenvalue weighted by Crippen LogP contribution is 2.27. The summed E-state index contributed by atoms with van der Waals surface area (Å²) in [7, 11) is 0. The number of benzene rings is 2. The third-order valence-corrected chi connectivity index (χ3v) is 4.70. The maximum atomic E-state index is 12.4. The molecule has 7 heteroatoms. The van der Waals surface area contributed by atoms with Crippen molar-refractivity contribution in [2.24, 2.45) is 0 Å². The lowest BCUT2D eigenvalue weighted by molar-refractivity contribution is -0.115. The fraction of sp³-hybridized carbons (Fsp3) is 0.200. The van der Waals surface area contributed by atoms with Gasteiger partial charge in [0.15, 0.2) is 0 Å². The number of aromatic amines is 1. The molecule has 0 aliphatic carbocycles. The maximum absolute atomic E-state index is 12.4. The lowest BCUT2D eigenvalue weighted by atomic mass is 10.0. The van der Waals surface area contributed by atoms with E-state index in [1.165, 1.54) is 23.1 Å². The second-order valence-corrected chi connectivity index (χ2v) is 6.56. The lowest BCUT2D eigenvalue weighted by Crippen LogP contribution is -2.45. The van der Waals surface area contributed by atoms with Crippen LogP contribution in [-0.4, -0.2) is 40.0 Å². The number of aromatic hydroxyl groups is 1. The summed E-state index contributed by atoms with van der Waals surface area (Å²) in [5, 5.41) is 15.9. The van der Waals surface area contributed by atoms with Crippen molar-refractivity contribution in [1.82, 2.24) is 15.2 Å². The number of para-hydroxylation sites is 1. The Morgan fingerprint density at radius 3 is 2.85 bits per heavy atom. The summed E-state index contributed by atoms with van der Waals surface area (Å²) in [5.41, 5.74) is 3.86. The van der Waals surface area contributed by atoms with Gasteiger partial charge in [-0.15, -0.1) is 0 Å². The predicted octanol–water partition coefficient (Wildman–Crippen LogP) is 2.58. The molecule has 3 amide bonds. The number of phenols is 1. The summed E-state index contributed by atoms with van der Waals surface area (Å²) in [5.74, 6) is -0.281. The number of H-pyrrole nitrogens is 1. The first-order chi connectivity index (χ1) is 13.1. The molecule has 0 spiro atoms. The van der Waals surface area contributed by atoms with Crippen LogP contribution in [0.15, 0.2) is 48.5 Å². The number of fused-ring (bicyclic) bond motifs is 3. The number of urea groups is 1. The van der Waals surface area contributed by atoms with Gasteiger partial charge in [0.1, 0.15) is 5.75 Å². The van der Waals surface area contributed by atoms with Crippen molar-refractivity contribution in [3.8, 4) is 5.75 Å². The Labute approximate surface area is 156 Å². The van der Waals surface area contributed by atoms with Crippen LogP contribution < -0.4 is 10.6 Å². The summed E-state index contributed by atoms with van der Waals surface area (Å²) < 4.78 is 0. The molecule has 4 rings (SSSR count). The first-order valence-corrected chi connectivity index (χ1v) is 8.80. The zero-order chi connectivity index (χ0) is 18.8. The molecule has 4 N–H and O–H groups in total. The molecule has 0 fully saturated rings. The van der Waals surface area contributed by atoms with Crippen LogP contribution in [0, 0.1) is 0 Å². The van der Waals surface area contributed by atoms with Gasteiger partial charge in [-0.3, -0.25) is 4.79 Å². The number of hydrogen-bond acceptors (Lipinski definition) is 3. The average molecular weight is 364 g/mol. The number of phenolic OH excluding ortho intramolecular Hbond substituents is 1. The van der Waals surface area contributed by atoms with Crippen LogP contribution >= 0.6 is 0 Å². The molecule has 1 aliphatic heterocycles. The molecular formula is C20H20N4O3. The van der Waals surface area contributed by atoms with E-state index < -0.39 is 0 Å². The first-order valence-electron chi connectivity index (χ1n) is 8.80. The maximum Gasteiger partial charge on any atom is 0.318 e. The summed E-state index contributed by atoms with van der Waals surface area (Å²) in [6.45, 7) is 0.962. The molecule has 0 atom stereocenters. The van der Waals surface area contributed by atoms with Crippen molar-refractivity contribution in [1.29, 1.82) is 0 Å². The minimum Gasteiger partial charge on any atom is -0.508 e. The van der Waals surface area contributed by atoms with E-state index in [2.05, 4.69) is 21.7 Å². The highest BCUT2D eigenvalue weighted by molar-refractivity contribution is 5.94. The van der Waals surface area contributed by atoms with Gasteiger partial charge in [-0.25, -0.2) is 4.79 Å². The summed E-state index contributed by atoms with van der Waals surface area (Å²) >= 11 is 0. The van der Waals surface area contributed by atoms with E-state index in [4.69, 9.17) is 0 Å². The Morgan fingerprint density at radius 2 is 2.00 bits per heavy atom. The molecule has 1 aliphatic rings. The highest BCUT2D eigenvalue weighted by Gasteiger charge is 2.23. The highest BCUT2D eigenvalue weighted by atomic mass is 16.3. The van der Waals surface area contributed by atoms with Gasteiger partial charge in [0.2, 0.25) is 5.91 Å². The van der Waals surface area contributed by atoms with Crippen LogP contribution in [-0.2, 0) is 17.8 Å². The number of carbonyl (C=O) groups is 2. The lowest BCUT2D eigenvalue weighted by Gasteiger charge is -2.27. The van der Waals surface area contributed by atoms with Crippen LogP contribution in [0.2, 0.25) is 0 Å². The Balaban J connectivity index is 1.34. The van der Waals surface area contributed by atoms with E-state index in [1.54, 1.807) is 17.0 Å². The summed E-state index contributed by atoms with van der Waals surface area (Å²) in [4.78, 5) is 29.5. The van der Waals surface area contributed by atoms with Gasteiger partial charge >= 0.3 is 6.03 Å². The molecule has 2 aromatic carbocycles. The van der Waals surface area contributed by atoms with E-state index in [0.29, 0.717) is 18.8 Å². The molecule has 3 aromatic rings. The van der Waals surface area contributed by atoms with Crippen LogP contribution in [0.3, 0.4) is 0 Å². The molecule has 138 valence electrons. The van der Waals surface area contributed by atoms with Gasteiger partial charge < -0.3 is 25.6 Å². The van der Waals surface area contributed by atoms with Gasteiger partial charge in [0.05, 0.1) is 13.1 Å². The molecule has 27 heavy (non-hydrogen) atoms. The minimum atomic E-state index is -0.350. The quantitative estimate of drug-likeness (QED) is 0.575. The average Bonchev–Trinajstić information content (AvgIpc) is 3.04. The van der Waals surface area contributed by atoms with Crippen molar-refractivity contribution >= 4 is 28.5 Å². The summed E-state index contributed by atoms with van der Waals surface area (Å²) in [6.07, 6.45) is 0.780. The zero-order valence-electron chi connectivity index (χ0n) is 14.7. The smallest absolute Gasteiger partial charge is 0.318 e. The Morgan fingerprint density at radius 1 is 1.15 bits per heavy atom. The number of nitrogens with zero attached hydrogens (tertiary/aromatic N) is 1. The fourth-order valence-electron chi connectivity index (χ4n) is 3.42. The molecule has 0 radical (unpaired) electrons. The van der Waals surface area contributed by atoms with Gasteiger partial charge in [0, 0.05) is 34.9 Å². The Hall–Kier alpha value is -3.48. The number of amides is 3. The van der Waals surface area contributed by atoms with Crippen molar-refractivity contribution in [3.05, 3.63) is 59.8 Å². The Kier molecular flexibility index (Phi) is 4.42. The standard InChI is InChI=1S/C20H20N4O3/c25-14-5-3-4-13(10-14)22-19(26)11-21-20(27)24-9-8-16-15-6-1-2-7-17(15)23-18(16)12-24/h1-7,10,23,25H,8-9,11-12H2,(H,21,27)(H,22,26). The SMILES string of the molecule is O=C(CNC(=O)N1CCc2c([nH]c3ccccc23)C1)Nc1cccc(O)c1. The van der Waals surface area contributed by atoms with Gasteiger partial charge in [-0.2, -0.15) is 0 Å². The minimum absolute atomic E-state index is 0.0688. The van der Waals surface area contributed by atoms with Crippen molar-refractivity contribution in [2.75, 3.05) is 18.4 Å². The molecule has 2 heterocycles. The third kappa shape index (κ3) is 3.57. The monoisotopic (exact) mass is 364 g/mol. The molecular weight excluding hydrogens is 344 g/mol. The van der Waals surface area contributed by atoms with E-state index in [0.717, 1.165) is 17.6 Å². The number of carbonyl (C=O) groups excluding carboxylic acids is 2. The second kappa shape index (κ2) is 7.03. The van der Waals surface area contributed by atoms with Crippen LogP contribution in [0.4, 0.5) is 10.5 Å². The predicted molar refractivity (Wildman–Crippen MR) is 103 cm³/mol. The first kappa shape index (κ1) is 17.0. The van der Waals surface area contributed by atoms with E-state index in [9.17, 15) is 14.7 Å². The van der Waals surface area contributed by atoms with Gasteiger partial charge in [-0.05, 0) is 30.2 Å². The van der Waals surface area contributed by atoms with Crippen molar-refractivity contribution < 1.29 is 14.7 Å². The fourth-order valence-corrected chi connectivity index (χ4v) is 3.42. The van der Waals surface area contributed by atoms with Crippen LogP contribution in [0.25, 0.3) is 10.9 Å². The Bertz CT molecular complexity index is 1010. The normalized spacial score (nSPS) is 13.3. The molecule has 0 saturated heterocycles. The number of hydrogen-bond donors (Lipinski definition) is 4. The molecule has 0 saturated carbocycles. The number of nitrogens with one attached hydrogen (secondary N) is 3.